The number of aryl methyl sites for hydroxylation is 1. The van der Waals surface area contributed by atoms with Gasteiger partial charge in [-0.05, 0) is 31.4 Å². The van der Waals surface area contributed by atoms with E-state index in [-0.39, 0.29) is 6.10 Å². The van der Waals surface area contributed by atoms with Crippen molar-refractivity contribution in [1.29, 1.82) is 0 Å². The number of imidazole rings is 1. The van der Waals surface area contributed by atoms with E-state index < -0.39 is 0 Å². The normalized spacial score (nSPS) is 13.0. The molecule has 0 bridgehead atoms. The lowest BCUT2D eigenvalue weighted by atomic mass is 10.1. The lowest BCUT2D eigenvalue weighted by Gasteiger charge is -2.15. The molecular weight excluding hydrogens is 288 g/mol. The fraction of sp³-hybridized carbons (Fsp3) is 0.444. The molecule has 3 rings (SSSR count). The molecule has 122 valence electrons. The third-order valence-electron chi connectivity index (χ3n) is 4.10. The average molecular weight is 312 g/mol. The number of benzene rings is 1. The van der Waals surface area contributed by atoms with Gasteiger partial charge in [0.25, 0.3) is 0 Å². The molecule has 0 radical (unpaired) electrons. The molecule has 0 aliphatic rings. The summed E-state index contributed by atoms with van der Waals surface area (Å²) in [5.41, 5.74) is 3.91. The molecule has 2 heterocycles. The van der Waals surface area contributed by atoms with Crippen LogP contribution in [-0.4, -0.2) is 25.9 Å². The second kappa shape index (κ2) is 6.07. The monoisotopic (exact) mass is 312 g/mol. The standard InChI is InChI=1S/C18H24N4O/c1-6-12(4)23-14-10-8-7-9-13(14)17-19-16-15(11(2)3)21-22(5)18(16)20-17/h7-12H,6H2,1-5H3,(H,19,20). The molecule has 0 fully saturated rings. The molecule has 1 atom stereocenters. The molecule has 1 aromatic carbocycles. The first kappa shape index (κ1) is 15.6. The first-order valence-corrected chi connectivity index (χ1v) is 8.19. The summed E-state index contributed by atoms with van der Waals surface area (Å²) < 4.78 is 7.88. The zero-order valence-corrected chi connectivity index (χ0v) is 14.4. The molecule has 0 aliphatic heterocycles. The van der Waals surface area contributed by atoms with Crippen molar-refractivity contribution in [2.45, 2.75) is 46.1 Å². The van der Waals surface area contributed by atoms with Crippen molar-refractivity contribution in [2.24, 2.45) is 7.05 Å². The van der Waals surface area contributed by atoms with Crippen LogP contribution in [0.2, 0.25) is 0 Å². The first-order chi connectivity index (χ1) is 11.0. The van der Waals surface area contributed by atoms with Crippen molar-refractivity contribution in [2.75, 3.05) is 0 Å². The summed E-state index contributed by atoms with van der Waals surface area (Å²) in [5.74, 6) is 2.03. The SMILES string of the molecule is CCC(C)Oc1ccccc1-c1nc2c([nH]1)c(C(C)C)nn2C. The molecule has 2 aromatic heterocycles. The van der Waals surface area contributed by atoms with Gasteiger partial charge in [-0.15, -0.1) is 0 Å². The first-order valence-electron chi connectivity index (χ1n) is 8.19. The number of H-pyrrole nitrogens is 1. The summed E-state index contributed by atoms with van der Waals surface area (Å²) in [4.78, 5) is 8.18. The van der Waals surface area contributed by atoms with Gasteiger partial charge in [0.2, 0.25) is 0 Å². The topological polar surface area (TPSA) is 55.7 Å². The van der Waals surface area contributed by atoms with Crippen LogP contribution in [-0.2, 0) is 7.05 Å². The Morgan fingerprint density at radius 1 is 1.22 bits per heavy atom. The highest BCUT2D eigenvalue weighted by Crippen LogP contribution is 2.32. The Morgan fingerprint density at radius 3 is 2.65 bits per heavy atom. The van der Waals surface area contributed by atoms with Crippen LogP contribution < -0.4 is 4.74 Å². The van der Waals surface area contributed by atoms with Gasteiger partial charge in [-0.2, -0.15) is 5.10 Å². The number of ether oxygens (including phenoxy) is 1. The van der Waals surface area contributed by atoms with E-state index in [9.17, 15) is 0 Å². The molecular formula is C18H24N4O. The Labute approximate surface area is 136 Å². The Balaban J connectivity index is 2.09. The molecule has 3 aromatic rings. The van der Waals surface area contributed by atoms with Crippen molar-refractivity contribution in [1.82, 2.24) is 19.7 Å². The minimum atomic E-state index is 0.174. The highest BCUT2D eigenvalue weighted by molar-refractivity contribution is 5.80. The molecule has 5 heteroatoms. The van der Waals surface area contributed by atoms with E-state index in [0.717, 1.165) is 40.4 Å². The summed E-state index contributed by atoms with van der Waals surface area (Å²) in [7, 11) is 1.93. The molecule has 5 nitrogen and oxygen atoms in total. The third-order valence-corrected chi connectivity index (χ3v) is 4.10. The molecule has 0 aliphatic carbocycles. The van der Waals surface area contributed by atoms with Crippen LogP contribution in [0.1, 0.15) is 45.7 Å². The highest BCUT2D eigenvalue weighted by atomic mass is 16.5. The number of hydrogen-bond donors (Lipinski definition) is 1. The van der Waals surface area contributed by atoms with Crippen LogP contribution in [0.15, 0.2) is 24.3 Å². The number of fused-ring (bicyclic) bond motifs is 1. The van der Waals surface area contributed by atoms with Gasteiger partial charge < -0.3 is 9.72 Å². The van der Waals surface area contributed by atoms with Gasteiger partial charge in [0.05, 0.1) is 17.4 Å². The summed E-state index contributed by atoms with van der Waals surface area (Å²) in [6.45, 7) is 8.48. The van der Waals surface area contributed by atoms with E-state index in [4.69, 9.17) is 9.72 Å². The van der Waals surface area contributed by atoms with Gasteiger partial charge in [-0.3, -0.25) is 0 Å². The zero-order chi connectivity index (χ0) is 16.6. The van der Waals surface area contributed by atoms with Gasteiger partial charge >= 0.3 is 0 Å². The van der Waals surface area contributed by atoms with E-state index in [0.29, 0.717) is 5.92 Å². The Morgan fingerprint density at radius 2 is 1.96 bits per heavy atom. The molecule has 0 amide bonds. The maximum Gasteiger partial charge on any atom is 0.176 e. The molecule has 1 unspecified atom stereocenters. The predicted octanol–water partition coefficient (Wildman–Crippen LogP) is 4.26. The Kier molecular flexibility index (Phi) is 4.11. The summed E-state index contributed by atoms with van der Waals surface area (Å²) in [5, 5.41) is 4.56. The fourth-order valence-corrected chi connectivity index (χ4v) is 2.63. The van der Waals surface area contributed by atoms with Crippen molar-refractivity contribution >= 4 is 11.2 Å². The van der Waals surface area contributed by atoms with Crippen LogP contribution in [0, 0.1) is 0 Å². The van der Waals surface area contributed by atoms with Crippen LogP contribution >= 0.6 is 0 Å². The van der Waals surface area contributed by atoms with E-state index in [1.807, 2.05) is 36.0 Å². The summed E-state index contributed by atoms with van der Waals surface area (Å²) in [6, 6.07) is 8.03. The summed E-state index contributed by atoms with van der Waals surface area (Å²) in [6.07, 6.45) is 1.14. The predicted molar refractivity (Wildman–Crippen MR) is 92.8 cm³/mol. The van der Waals surface area contributed by atoms with Crippen LogP contribution in [0.4, 0.5) is 0 Å². The number of nitrogens with zero attached hydrogens (tertiary/aromatic N) is 3. The minimum absolute atomic E-state index is 0.174. The van der Waals surface area contributed by atoms with E-state index in [1.54, 1.807) is 0 Å². The lowest BCUT2D eigenvalue weighted by Crippen LogP contribution is -2.10. The summed E-state index contributed by atoms with van der Waals surface area (Å²) >= 11 is 0. The Bertz CT molecular complexity index is 816. The second-order valence-corrected chi connectivity index (χ2v) is 6.28. The molecule has 23 heavy (non-hydrogen) atoms. The van der Waals surface area contributed by atoms with Gasteiger partial charge in [0, 0.05) is 7.05 Å². The number of hydrogen-bond acceptors (Lipinski definition) is 3. The number of nitrogens with one attached hydrogen (secondary N) is 1. The van der Waals surface area contributed by atoms with E-state index in [2.05, 4.69) is 37.8 Å². The number of para-hydroxylation sites is 1. The second-order valence-electron chi connectivity index (χ2n) is 6.28. The van der Waals surface area contributed by atoms with Crippen molar-refractivity contribution in [3.63, 3.8) is 0 Å². The molecule has 0 saturated carbocycles. The lowest BCUT2D eigenvalue weighted by molar-refractivity contribution is 0.218. The highest BCUT2D eigenvalue weighted by Gasteiger charge is 2.18. The third kappa shape index (κ3) is 2.83. The van der Waals surface area contributed by atoms with E-state index in [1.165, 1.54) is 0 Å². The number of aromatic nitrogens is 4. The largest absolute Gasteiger partial charge is 0.490 e. The maximum absolute atomic E-state index is 6.05. The van der Waals surface area contributed by atoms with Gasteiger partial charge in [0.15, 0.2) is 5.65 Å². The molecule has 0 saturated heterocycles. The van der Waals surface area contributed by atoms with Crippen molar-refractivity contribution < 1.29 is 4.74 Å². The average Bonchev–Trinajstić information content (AvgIpc) is 3.08. The fourth-order valence-electron chi connectivity index (χ4n) is 2.63. The van der Waals surface area contributed by atoms with Crippen LogP contribution in [0.3, 0.4) is 0 Å². The minimum Gasteiger partial charge on any atom is -0.490 e. The number of rotatable bonds is 5. The smallest absolute Gasteiger partial charge is 0.176 e. The van der Waals surface area contributed by atoms with Crippen molar-refractivity contribution in [3.8, 4) is 17.1 Å². The van der Waals surface area contributed by atoms with Gasteiger partial charge in [-0.25, -0.2) is 9.67 Å². The van der Waals surface area contributed by atoms with Gasteiger partial charge in [0.1, 0.15) is 17.1 Å². The van der Waals surface area contributed by atoms with Crippen LogP contribution in [0.5, 0.6) is 5.75 Å². The quantitative estimate of drug-likeness (QED) is 0.765. The van der Waals surface area contributed by atoms with Crippen LogP contribution in [0.25, 0.3) is 22.6 Å². The van der Waals surface area contributed by atoms with Crippen molar-refractivity contribution in [3.05, 3.63) is 30.0 Å². The number of aromatic amines is 1. The molecule has 0 spiro atoms. The Hall–Kier alpha value is -2.30. The zero-order valence-electron chi connectivity index (χ0n) is 14.4. The van der Waals surface area contributed by atoms with E-state index >= 15 is 0 Å². The van der Waals surface area contributed by atoms with Gasteiger partial charge in [-0.1, -0.05) is 32.9 Å². The molecule has 1 N–H and O–H groups in total. The maximum atomic E-state index is 6.05.